The number of amides is 1. The fourth-order valence-corrected chi connectivity index (χ4v) is 7.35. The highest BCUT2D eigenvalue weighted by Crippen LogP contribution is 2.38. The van der Waals surface area contributed by atoms with Gasteiger partial charge in [0, 0.05) is 6.42 Å². The molecule has 0 radical (unpaired) electrons. The van der Waals surface area contributed by atoms with Gasteiger partial charge in [0.15, 0.2) is 0 Å². The standard InChI is InChI=1S/C44H89N2O6P/c1-6-8-10-12-14-15-16-17-18-19-20-21-22-23-24-25-26-27-28-29-30-32-34-36-38-44(48)45-42(43(47)37-35-33-31-13-11-9-7-2)41-52-53(49,50)51-40-39-46(3,4)5/h35,37,42-43,47H,6-34,36,38-41H2,1-5H3,(H-,45,48,49,50)/b37-35+. The lowest BCUT2D eigenvalue weighted by atomic mass is 10.0. The van der Waals surface area contributed by atoms with E-state index in [1.54, 1.807) is 6.08 Å². The number of unbranched alkanes of at least 4 members (excludes halogenated alkanes) is 28. The Morgan fingerprint density at radius 1 is 0.642 bits per heavy atom. The zero-order chi connectivity index (χ0) is 39.3. The Kier molecular flexibility index (Phi) is 36.3. The molecule has 0 saturated heterocycles. The lowest BCUT2D eigenvalue weighted by Gasteiger charge is -2.29. The number of carbonyl (C=O) groups is 1. The van der Waals surface area contributed by atoms with Crippen molar-refractivity contribution in [3.63, 3.8) is 0 Å². The van der Waals surface area contributed by atoms with Crippen molar-refractivity contribution in [1.82, 2.24) is 5.32 Å². The third-order valence-electron chi connectivity index (χ3n) is 10.2. The molecular formula is C44H89N2O6P. The van der Waals surface area contributed by atoms with Gasteiger partial charge in [-0.05, 0) is 19.3 Å². The van der Waals surface area contributed by atoms with E-state index < -0.39 is 20.0 Å². The number of likely N-dealkylation sites (N-methyl/N-ethyl adjacent to an activating group) is 1. The first-order chi connectivity index (χ1) is 25.5. The van der Waals surface area contributed by atoms with Crippen LogP contribution in [-0.4, -0.2) is 68.5 Å². The van der Waals surface area contributed by atoms with Gasteiger partial charge in [-0.15, -0.1) is 0 Å². The van der Waals surface area contributed by atoms with Gasteiger partial charge < -0.3 is 28.8 Å². The Morgan fingerprint density at radius 3 is 1.42 bits per heavy atom. The molecule has 3 atom stereocenters. The minimum absolute atomic E-state index is 0.00134. The maximum Gasteiger partial charge on any atom is 0.268 e. The fourth-order valence-electron chi connectivity index (χ4n) is 6.62. The molecule has 316 valence electrons. The third-order valence-corrected chi connectivity index (χ3v) is 11.2. The first-order valence-electron chi connectivity index (χ1n) is 22.6. The van der Waals surface area contributed by atoms with Gasteiger partial charge in [-0.1, -0.05) is 199 Å². The van der Waals surface area contributed by atoms with E-state index in [0.29, 0.717) is 17.4 Å². The first-order valence-corrected chi connectivity index (χ1v) is 24.0. The summed E-state index contributed by atoms with van der Waals surface area (Å²) < 4.78 is 23.1. The Morgan fingerprint density at radius 2 is 1.02 bits per heavy atom. The molecule has 0 aliphatic carbocycles. The average Bonchev–Trinajstić information content (AvgIpc) is 3.10. The van der Waals surface area contributed by atoms with E-state index in [0.717, 1.165) is 38.5 Å². The van der Waals surface area contributed by atoms with Crippen LogP contribution in [0.5, 0.6) is 0 Å². The molecule has 9 heteroatoms. The molecule has 0 spiro atoms. The van der Waals surface area contributed by atoms with Crippen molar-refractivity contribution in [2.75, 3.05) is 40.9 Å². The minimum atomic E-state index is -4.57. The number of phosphoric acid groups is 1. The summed E-state index contributed by atoms with van der Waals surface area (Å²) in [5.74, 6) is -0.198. The van der Waals surface area contributed by atoms with Gasteiger partial charge >= 0.3 is 0 Å². The van der Waals surface area contributed by atoms with Crippen LogP contribution in [0.2, 0.25) is 0 Å². The maximum absolute atomic E-state index is 12.8. The number of hydrogen-bond donors (Lipinski definition) is 2. The van der Waals surface area contributed by atoms with Crippen molar-refractivity contribution in [3.8, 4) is 0 Å². The second-order valence-corrected chi connectivity index (χ2v) is 18.2. The largest absolute Gasteiger partial charge is 0.756 e. The number of aliphatic hydroxyl groups is 1. The van der Waals surface area contributed by atoms with Gasteiger partial charge in [-0.3, -0.25) is 9.36 Å². The number of phosphoric ester groups is 1. The monoisotopic (exact) mass is 773 g/mol. The Labute approximate surface area is 329 Å². The summed E-state index contributed by atoms with van der Waals surface area (Å²) >= 11 is 0. The summed E-state index contributed by atoms with van der Waals surface area (Å²) in [6, 6.07) is -0.877. The van der Waals surface area contributed by atoms with Crippen molar-refractivity contribution >= 4 is 13.7 Å². The highest BCUT2D eigenvalue weighted by atomic mass is 31.2. The molecule has 8 nitrogen and oxygen atoms in total. The number of hydrogen-bond acceptors (Lipinski definition) is 6. The molecule has 0 aromatic carbocycles. The summed E-state index contributed by atoms with van der Waals surface area (Å²) in [5.41, 5.74) is 0. The van der Waals surface area contributed by atoms with Crippen molar-refractivity contribution in [1.29, 1.82) is 0 Å². The lowest BCUT2D eigenvalue weighted by Crippen LogP contribution is -2.45. The van der Waals surface area contributed by atoms with Gasteiger partial charge in [0.05, 0.1) is 39.9 Å². The first kappa shape index (κ1) is 52.2. The molecule has 0 rings (SSSR count). The smallest absolute Gasteiger partial charge is 0.268 e. The van der Waals surface area contributed by atoms with Gasteiger partial charge in [-0.2, -0.15) is 0 Å². The SMILES string of the molecule is CCCCCCC/C=C/C(O)C(COP(=O)([O-])OCC[N+](C)(C)C)NC(=O)CCCCCCCCCCCCCCCCCCCCCCCCCC. The predicted octanol–water partition coefficient (Wildman–Crippen LogP) is 11.7. The number of allylic oxidation sites excluding steroid dienone is 1. The van der Waals surface area contributed by atoms with Gasteiger partial charge in [0.2, 0.25) is 5.91 Å². The summed E-state index contributed by atoms with van der Waals surface area (Å²) in [4.78, 5) is 25.2. The molecule has 0 aliphatic heterocycles. The third kappa shape index (κ3) is 39.3. The van der Waals surface area contributed by atoms with Gasteiger partial charge in [0.1, 0.15) is 13.2 Å². The molecule has 0 saturated carbocycles. The van der Waals surface area contributed by atoms with Gasteiger partial charge in [-0.25, -0.2) is 0 Å². The molecule has 2 N–H and O–H groups in total. The van der Waals surface area contributed by atoms with Crippen molar-refractivity contribution in [3.05, 3.63) is 12.2 Å². The van der Waals surface area contributed by atoms with E-state index in [4.69, 9.17) is 9.05 Å². The topological polar surface area (TPSA) is 108 Å². The van der Waals surface area contributed by atoms with Gasteiger partial charge in [0.25, 0.3) is 7.82 Å². The predicted molar refractivity (Wildman–Crippen MR) is 224 cm³/mol. The zero-order valence-electron chi connectivity index (χ0n) is 35.7. The van der Waals surface area contributed by atoms with E-state index in [-0.39, 0.29) is 19.1 Å². The van der Waals surface area contributed by atoms with Crippen LogP contribution in [0.1, 0.15) is 213 Å². The van der Waals surface area contributed by atoms with Crippen LogP contribution in [-0.2, 0) is 18.4 Å². The van der Waals surface area contributed by atoms with Crippen LogP contribution in [0.3, 0.4) is 0 Å². The number of rotatable bonds is 41. The van der Waals surface area contributed by atoms with Crippen LogP contribution in [0.4, 0.5) is 0 Å². The Bertz CT molecular complexity index is 880. The highest BCUT2D eigenvalue weighted by molar-refractivity contribution is 7.45. The molecule has 0 aromatic rings. The number of carbonyl (C=O) groups excluding carboxylic acids is 1. The zero-order valence-corrected chi connectivity index (χ0v) is 36.6. The van der Waals surface area contributed by atoms with Crippen LogP contribution >= 0.6 is 7.82 Å². The quantitative estimate of drug-likeness (QED) is 0.0277. The highest BCUT2D eigenvalue weighted by Gasteiger charge is 2.23. The lowest BCUT2D eigenvalue weighted by molar-refractivity contribution is -0.870. The number of aliphatic hydroxyl groups excluding tert-OH is 1. The molecule has 1 amide bonds. The van der Waals surface area contributed by atoms with E-state index >= 15 is 0 Å². The summed E-state index contributed by atoms with van der Waals surface area (Å²) in [7, 11) is 1.27. The molecular weight excluding hydrogens is 683 g/mol. The average molecular weight is 773 g/mol. The number of nitrogens with zero attached hydrogens (tertiary/aromatic N) is 1. The van der Waals surface area contributed by atoms with Crippen LogP contribution in [0.15, 0.2) is 12.2 Å². The van der Waals surface area contributed by atoms with E-state index in [1.807, 2.05) is 27.2 Å². The summed E-state index contributed by atoms with van der Waals surface area (Å²) in [6.45, 7) is 4.60. The molecule has 0 bridgehead atoms. The molecule has 0 aliphatic rings. The fraction of sp³-hybridized carbons (Fsp3) is 0.932. The van der Waals surface area contributed by atoms with Crippen LogP contribution < -0.4 is 10.2 Å². The minimum Gasteiger partial charge on any atom is -0.756 e. The van der Waals surface area contributed by atoms with E-state index in [1.165, 1.54) is 154 Å². The van der Waals surface area contributed by atoms with Crippen LogP contribution in [0.25, 0.3) is 0 Å². The molecule has 3 unspecified atom stereocenters. The maximum atomic E-state index is 12.8. The van der Waals surface area contributed by atoms with E-state index in [2.05, 4.69) is 19.2 Å². The summed E-state index contributed by atoms with van der Waals surface area (Å²) in [5, 5.41) is 13.6. The molecule has 0 fully saturated rings. The molecule has 0 heterocycles. The number of quaternary nitrogens is 1. The second-order valence-electron chi connectivity index (χ2n) is 16.8. The normalized spacial score (nSPS) is 14.5. The Balaban J connectivity index is 4.05. The van der Waals surface area contributed by atoms with Crippen molar-refractivity contribution < 1.29 is 32.9 Å². The van der Waals surface area contributed by atoms with E-state index in [9.17, 15) is 19.4 Å². The van der Waals surface area contributed by atoms with Crippen LogP contribution in [0, 0.1) is 0 Å². The Hall–Kier alpha value is -0.760. The number of nitrogens with one attached hydrogen (secondary N) is 1. The molecule has 53 heavy (non-hydrogen) atoms. The summed E-state index contributed by atoms with van der Waals surface area (Å²) in [6.07, 6.45) is 41.5. The van der Waals surface area contributed by atoms with Crippen molar-refractivity contribution in [2.24, 2.45) is 0 Å². The molecule has 0 aromatic heterocycles. The van der Waals surface area contributed by atoms with Crippen molar-refractivity contribution in [2.45, 2.75) is 225 Å². The second kappa shape index (κ2) is 36.9.